The minimum absolute atomic E-state index is 0.390. The molecule has 0 atom stereocenters. The molecule has 1 aliphatic heterocycles. The van der Waals surface area contributed by atoms with E-state index in [0.717, 1.165) is 23.4 Å². The van der Waals surface area contributed by atoms with Crippen LogP contribution in [0.4, 0.5) is 11.6 Å². The van der Waals surface area contributed by atoms with Crippen molar-refractivity contribution in [2.24, 2.45) is 0 Å². The van der Waals surface area contributed by atoms with Gasteiger partial charge in [-0.3, -0.25) is 4.98 Å². The van der Waals surface area contributed by atoms with Crippen LogP contribution in [0.25, 0.3) is 16.7 Å². The summed E-state index contributed by atoms with van der Waals surface area (Å²) in [5, 5.41) is 13.3. The highest BCUT2D eigenvalue weighted by Gasteiger charge is 2.22. The standard InChI is InChI=1S/C18H16BrClN8O/c1-9-6-12(10(2)21-7-9)28-14(19)13-17(26-28)29-5-3-4-27-16-11(15(20)25-27)8-22-18(23-13)24-16/h6-8H,3-5H2,1-2H3,(H,22,23,24). The van der Waals surface area contributed by atoms with Gasteiger partial charge in [-0.1, -0.05) is 11.6 Å². The van der Waals surface area contributed by atoms with Crippen molar-refractivity contribution in [1.29, 1.82) is 0 Å². The molecule has 5 heterocycles. The molecule has 0 aromatic carbocycles. The Bertz CT molecular complexity index is 1250. The summed E-state index contributed by atoms with van der Waals surface area (Å²) in [7, 11) is 0. The van der Waals surface area contributed by atoms with Crippen LogP contribution in [0.1, 0.15) is 17.7 Å². The predicted octanol–water partition coefficient (Wildman–Crippen LogP) is 3.97. The van der Waals surface area contributed by atoms with E-state index in [9.17, 15) is 0 Å². The Morgan fingerprint density at radius 1 is 1.21 bits per heavy atom. The molecule has 148 valence electrons. The first-order valence-corrected chi connectivity index (χ1v) is 10.2. The summed E-state index contributed by atoms with van der Waals surface area (Å²) in [6, 6.07) is 2.03. The molecule has 1 N–H and O–H groups in total. The molecule has 0 spiro atoms. The topological polar surface area (TPSA) is 95.6 Å². The molecule has 0 saturated heterocycles. The molecular weight excluding hydrogens is 460 g/mol. The Kier molecular flexibility index (Phi) is 4.39. The van der Waals surface area contributed by atoms with Crippen molar-refractivity contribution < 1.29 is 4.74 Å². The minimum atomic E-state index is 0.390. The van der Waals surface area contributed by atoms with Crippen molar-refractivity contribution in [3.63, 3.8) is 0 Å². The average Bonchev–Trinajstić information content (AvgIpc) is 3.17. The number of fused-ring (bicyclic) bond motifs is 2. The van der Waals surface area contributed by atoms with Crippen molar-refractivity contribution in [3.05, 3.63) is 39.5 Å². The van der Waals surface area contributed by atoms with Gasteiger partial charge < -0.3 is 10.1 Å². The smallest absolute Gasteiger partial charge is 0.258 e. The first kappa shape index (κ1) is 18.3. The maximum absolute atomic E-state index is 6.21. The fraction of sp³-hybridized carbons (Fsp3) is 0.278. The number of aryl methyl sites for hydroxylation is 3. The number of pyridine rings is 1. The van der Waals surface area contributed by atoms with Gasteiger partial charge in [-0.05, 0) is 41.4 Å². The van der Waals surface area contributed by atoms with Gasteiger partial charge in [0.25, 0.3) is 5.88 Å². The molecule has 5 rings (SSSR count). The number of hydrogen-bond donors (Lipinski definition) is 1. The second-order valence-electron chi connectivity index (χ2n) is 6.77. The van der Waals surface area contributed by atoms with Crippen LogP contribution in [0.15, 0.2) is 23.1 Å². The number of aromatic nitrogens is 7. The lowest BCUT2D eigenvalue weighted by Crippen LogP contribution is -2.07. The van der Waals surface area contributed by atoms with Gasteiger partial charge in [0.1, 0.15) is 10.3 Å². The van der Waals surface area contributed by atoms with Crippen LogP contribution < -0.4 is 10.1 Å². The molecule has 11 heteroatoms. The molecule has 0 radical (unpaired) electrons. The van der Waals surface area contributed by atoms with Crippen LogP contribution in [0.3, 0.4) is 0 Å². The van der Waals surface area contributed by atoms with E-state index >= 15 is 0 Å². The molecule has 4 aromatic heterocycles. The number of rotatable bonds is 1. The van der Waals surface area contributed by atoms with Crippen molar-refractivity contribution in [2.45, 2.75) is 26.8 Å². The molecule has 0 unspecified atom stereocenters. The highest BCUT2D eigenvalue weighted by atomic mass is 79.9. The van der Waals surface area contributed by atoms with E-state index in [0.29, 0.717) is 51.5 Å². The molecule has 29 heavy (non-hydrogen) atoms. The van der Waals surface area contributed by atoms with Crippen LogP contribution in [-0.2, 0) is 6.54 Å². The second kappa shape index (κ2) is 6.96. The van der Waals surface area contributed by atoms with E-state index in [4.69, 9.17) is 16.3 Å². The average molecular weight is 476 g/mol. The molecule has 1 aliphatic rings. The summed E-state index contributed by atoms with van der Waals surface area (Å²) in [4.78, 5) is 13.4. The van der Waals surface area contributed by atoms with Gasteiger partial charge >= 0.3 is 0 Å². The lowest BCUT2D eigenvalue weighted by atomic mass is 10.2. The van der Waals surface area contributed by atoms with E-state index < -0.39 is 0 Å². The Morgan fingerprint density at radius 3 is 2.93 bits per heavy atom. The number of nitrogens with zero attached hydrogens (tertiary/aromatic N) is 7. The fourth-order valence-corrected chi connectivity index (χ4v) is 3.98. The fourth-order valence-electron chi connectivity index (χ4n) is 3.21. The van der Waals surface area contributed by atoms with Crippen LogP contribution >= 0.6 is 27.5 Å². The van der Waals surface area contributed by atoms with Crippen LogP contribution in [-0.4, -0.2) is 41.1 Å². The summed E-state index contributed by atoms with van der Waals surface area (Å²) in [6.07, 6.45) is 4.22. The minimum Gasteiger partial charge on any atom is -0.475 e. The van der Waals surface area contributed by atoms with Gasteiger partial charge in [0.15, 0.2) is 10.8 Å². The Morgan fingerprint density at radius 2 is 2.07 bits per heavy atom. The molecule has 4 aromatic rings. The summed E-state index contributed by atoms with van der Waals surface area (Å²) in [5.41, 5.74) is 4.08. The maximum atomic E-state index is 6.21. The normalized spacial score (nSPS) is 13.7. The van der Waals surface area contributed by atoms with Gasteiger partial charge in [0.05, 0.1) is 23.4 Å². The molecule has 0 fully saturated rings. The first-order valence-electron chi connectivity index (χ1n) is 9.02. The summed E-state index contributed by atoms with van der Waals surface area (Å²) in [6.45, 7) is 5.02. The van der Waals surface area contributed by atoms with Gasteiger partial charge in [0.2, 0.25) is 5.95 Å². The Balaban J connectivity index is 1.65. The van der Waals surface area contributed by atoms with Crippen LogP contribution in [0.5, 0.6) is 5.88 Å². The van der Waals surface area contributed by atoms with E-state index in [1.54, 1.807) is 15.6 Å². The third-order valence-electron chi connectivity index (χ3n) is 4.66. The van der Waals surface area contributed by atoms with Crippen molar-refractivity contribution in [2.75, 3.05) is 11.9 Å². The number of anilines is 2. The predicted molar refractivity (Wildman–Crippen MR) is 112 cm³/mol. The zero-order chi connectivity index (χ0) is 20.1. The van der Waals surface area contributed by atoms with Crippen molar-refractivity contribution in [1.82, 2.24) is 34.5 Å². The lowest BCUT2D eigenvalue weighted by molar-refractivity contribution is 0.288. The van der Waals surface area contributed by atoms with Gasteiger partial charge in [-0.25, -0.2) is 14.3 Å². The van der Waals surface area contributed by atoms with Gasteiger partial charge in [-0.15, -0.1) is 5.10 Å². The van der Waals surface area contributed by atoms with Crippen LogP contribution in [0, 0.1) is 13.8 Å². The van der Waals surface area contributed by atoms with Crippen LogP contribution in [0.2, 0.25) is 5.15 Å². The summed E-state index contributed by atoms with van der Waals surface area (Å²) < 4.78 is 10.2. The van der Waals surface area contributed by atoms with Gasteiger partial charge in [-0.2, -0.15) is 10.1 Å². The molecular formula is C18H16BrClN8O. The van der Waals surface area contributed by atoms with Crippen molar-refractivity contribution in [3.8, 4) is 11.6 Å². The van der Waals surface area contributed by atoms with Crippen molar-refractivity contribution >= 4 is 50.2 Å². The highest BCUT2D eigenvalue weighted by Crippen LogP contribution is 2.37. The van der Waals surface area contributed by atoms with E-state index in [1.165, 1.54) is 0 Å². The molecule has 0 aliphatic carbocycles. The zero-order valence-corrected chi connectivity index (χ0v) is 18.0. The first-order chi connectivity index (χ1) is 14.0. The number of ether oxygens (including phenoxy) is 1. The summed E-state index contributed by atoms with van der Waals surface area (Å²) >= 11 is 9.86. The molecule has 9 nitrogen and oxygen atoms in total. The largest absolute Gasteiger partial charge is 0.475 e. The third-order valence-corrected chi connectivity index (χ3v) is 5.67. The highest BCUT2D eigenvalue weighted by molar-refractivity contribution is 9.10. The zero-order valence-electron chi connectivity index (χ0n) is 15.6. The monoisotopic (exact) mass is 474 g/mol. The molecule has 0 saturated carbocycles. The number of nitrogens with one attached hydrogen (secondary N) is 1. The third kappa shape index (κ3) is 3.12. The lowest BCUT2D eigenvalue weighted by Gasteiger charge is -2.08. The number of hydrogen-bond acceptors (Lipinski definition) is 7. The van der Waals surface area contributed by atoms with E-state index in [2.05, 4.69) is 46.4 Å². The van der Waals surface area contributed by atoms with Gasteiger partial charge in [0, 0.05) is 25.4 Å². The maximum Gasteiger partial charge on any atom is 0.258 e. The number of halogens is 2. The second-order valence-corrected chi connectivity index (χ2v) is 7.88. The Hall–Kier alpha value is -2.72. The SMILES string of the molecule is Cc1cnc(C)c(-n2nc3c(c2Br)Nc2ncc4c(Cl)nn(c4n2)CCCO3)c1. The van der Waals surface area contributed by atoms with E-state index in [1.807, 2.05) is 26.1 Å². The Labute approximate surface area is 179 Å². The summed E-state index contributed by atoms with van der Waals surface area (Å²) in [5.74, 6) is 0.862. The molecule has 0 amide bonds. The quantitative estimate of drug-likeness (QED) is 0.445. The molecule has 2 bridgehead atoms. The van der Waals surface area contributed by atoms with E-state index in [-0.39, 0.29) is 0 Å².